The van der Waals surface area contributed by atoms with Gasteiger partial charge in [0.15, 0.2) is 0 Å². The van der Waals surface area contributed by atoms with E-state index in [9.17, 15) is 4.79 Å². The van der Waals surface area contributed by atoms with Gasteiger partial charge in [0.25, 0.3) is 0 Å². The molecule has 2 aliphatic rings. The lowest BCUT2D eigenvalue weighted by molar-refractivity contribution is -0.123. The molecule has 4 rings (SSSR count). The van der Waals surface area contributed by atoms with Crippen LogP contribution < -0.4 is 10.1 Å². The Balaban J connectivity index is 1.24. The SMILES string of the molecule is O=C(CN1CCN(Cc2cccc(Cl)c2)CC1)NC1CCOc2ccccc21. The second-order valence-electron chi connectivity index (χ2n) is 7.48. The van der Waals surface area contributed by atoms with Crippen molar-refractivity contribution in [3.63, 3.8) is 0 Å². The van der Waals surface area contributed by atoms with E-state index >= 15 is 0 Å². The van der Waals surface area contributed by atoms with Gasteiger partial charge < -0.3 is 10.1 Å². The van der Waals surface area contributed by atoms with Crippen LogP contribution in [0.25, 0.3) is 0 Å². The van der Waals surface area contributed by atoms with E-state index in [2.05, 4.69) is 21.2 Å². The van der Waals surface area contributed by atoms with E-state index in [-0.39, 0.29) is 11.9 Å². The van der Waals surface area contributed by atoms with Crippen molar-refractivity contribution in [1.29, 1.82) is 0 Å². The van der Waals surface area contributed by atoms with E-state index in [0.29, 0.717) is 13.2 Å². The molecular weight excluding hydrogens is 374 g/mol. The Kier molecular flexibility index (Phi) is 6.15. The zero-order valence-electron chi connectivity index (χ0n) is 15.9. The summed E-state index contributed by atoms with van der Waals surface area (Å²) in [5.41, 5.74) is 2.31. The lowest BCUT2D eigenvalue weighted by Crippen LogP contribution is -2.49. The van der Waals surface area contributed by atoms with E-state index in [0.717, 1.165) is 55.5 Å². The van der Waals surface area contributed by atoms with Crippen molar-refractivity contribution < 1.29 is 9.53 Å². The molecule has 0 aliphatic carbocycles. The molecular formula is C22H26ClN3O2. The number of carbonyl (C=O) groups is 1. The topological polar surface area (TPSA) is 44.8 Å². The molecule has 28 heavy (non-hydrogen) atoms. The van der Waals surface area contributed by atoms with Gasteiger partial charge in [0, 0.05) is 49.7 Å². The molecule has 2 aromatic rings. The highest BCUT2D eigenvalue weighted by Crippen LogP contribution is 2.31. The van der Waals surface area contributed by atoms with Gasteiger partial charge in [-0.25, -0.2) is 0 Å². The zero-order valence-corrected chi connectivity index (χ0v) is 16.7. The van der Waals surface area contributed by atoms with Crippen LogP contribution in [0.1, 0.15) is 23.6 Å². The third-order valence-electron chi connectivity index (χ3n) is 5.42. The standard InChI is InChI=1S/C22H26ClN3O2/c23-18-5-3-4-17(14-18)15-25-9-11-26(12-10-25)16-22(27)24-20-8-13-28-21-7-2-1-6-19(20)21/h1-7,14,20H,8-13,15-16H2,(H,24,27). The first-order valence-corrected chi connectivity index (χ1v) is 10.3. The van der Waals surface area contributed by atoms with Crippen LogP contribution in [0.5, 0.6) is 5.75 Å². The monoisotopic (exact) mass is 399 g/mol. The Morgan fingerprint density at radius 3 is 2.68 bits per heavy atom. The molecule has 6 heteroatoms. The van der Waals surface area contributed by atoms with Crippen LogP contribution in [0.4, 0.5) is 0 Å². The van der Waals surface area contributed by atoms with Gasteiger partial charge in [-0.05, 0) is 23.8 Å². The number of hydrogen-bond acceptors (Lipinski definition) is 4. The van der Waals surface area contributed by atoms with Crippen molar-refractivity contribution in [2.75, 3.05) is 39.3 Å². The van der Waals surface area contributed by atoms with Gasteiger partial charge in [-0.3, -0.25) is 14.6 Å². The number of piperazine rings is 1. The molecule has 1 N–H and O–H groups in total. The average molecular weight is 400 g/mol. The predicted octanol–water partition coefficient (Wildman–Crippen LogP) is 3.10. The lowest BCUT2D eigenvalue weighted by Gasteiger charge is -2.35. The summed E-state index contributed by atoms with van der Waals surface area (Å²) in [6, 6.07) is 16.0. The molecule has 5 nitrogen and oxygen atoms in total. The van der Waals surface area contributed by atoms with Crippen molar-refractivity contribution in [1.82, 2.24) is 15.1 Å². The number of halogens is 1. The number of ether oxygens (including phenoxy) is 1. The highest BCUT2D eigenvalue weighted by Gasteiger charge is 2.24. The van der Waals surface area contributed by atoms with E-state index < -0.39 is 0 Å². The molecule has 1 fully saturated rings. The Hall–Kier alpha value is -2.08. The average Bonchev–Trinajstić information content (AvgIpc) is 2.70. The third kappa shape index (κ3) is 4.85. The quantitative estimate of drug-likeness (QED) is 0.839. The minimum absolute atomic E-state index is 0.0431. The third-order valence-corrected chi connectivity index (χ3v) is 5.66. The molecule has 2 aliphatic heterocycles. The zero-order chi connectivity index (χ0) is 19.3. The summed E-state index contributed by atoms with van der Waals surface area (Å²) in [5.74, 6) is 0.971. The highest BCUT2D eigenvalue weighted by atomic mass is 35.5. The van der Waals surface area contributed by atoms with Crippen molar-refractivity contribution in [2.45, 2.75) is 19.0 Å². The maximum Gasteiger partial charge on any atom is 0.234 e. The van der Waals surface area contributed by atoms with E-state index in [1.807, 2.05) is 42.5 Å². The van der Waals surface area contributed by atoms with E-state index in [1.54, 1.807) is 0 Å². The molecule has 148 valence electrons. The molecule has 1 saturated heterocycles. The van der Waals surface area contributed by atoms with E-state index in [1.165, 1.54) is 5.56 Å². The molecule has 0 spiro atoms. The van der Waals surface area contributed by atoms with Gasteiger partial charge >= 0.3 is 0 Å². The minimum atomic E-state index is 0.0431. The normalized spacial score (nSPS) is 20.2. The number of fused-ring (bicyclic) bond motifs is 1. The Bertz CT molecular complexity index is 821. The van der Waals surface area contributed by atoms with Gasteiger partial charge in [-0.15, -0.1) is 0 Å². The highest BCUT2D eigenvalue weighted by molar-refractivity contribution is 6.30. The van der Waals surface area contributed by atoms with Crippen LogP contribution in [0.2, 0.25) is 5.02 Å². The summed E-state index contributed by atoms with van der Waals surface area (Å²) in [5, 5.41) is 3.97. The van der Waals surface area contributed by atoms with Crippen molar-refractivity contribution >= 4 is 17.5 Å². The Morgan fingerprint density at radius 1 is 1.07 bits per heavy atom. The number of carbonyl (C=O) groups excluding carboxylic acids is 1. The van der Waals surface area contributed by atoms with Gasteiger partial charge in [0.1, 0.15) is 5.75 Å². The van der Waals surface area contributed by atoms with Crippen molar-refractivity contribution in [2.24, 2.45) is 0 Å². The molecule has 1 unspecified atom stereocenters. The largest absolute Gasteiger partial charge is 0.493 e. The smallest absolute Gasteiger partial charge is 0.234 e. The maximum absolute atomic E-state index is 12.6. The second kappa shape index (κ2) is 8.95. The number of rotatable bonds is 5. The van der Waals surface area contributed by atoms with Crippen molar-refractivity contribution in [3.05, 3.63) is 64.7 Å². The second-order valence-corrected chi connectivity index (χ2v) is 7.91. The number of para-hydroxylation sites is 1. The molecule has 0 bridgehead atoms. The molecule has 1 amide bonds. The first-order chi connectivity index (χ1) is 13.7. The number of nitrogens with one attached hydrogen (secondary N) is 1. The van der Waals surface area contributed by atoms with Crippen LogP contribution in [0.3, 0.4) is 0 Å². The van der Waals surface area contributed by atoms with E-state index in [4.69, 9.17) is 16.3 Å². The molecule has 2 aromatic carbocycles. The first-order valence-electron chi connectivity index (χ1n) is 9.87. The fourth-order valence-corrected chi connectivity index (χ4v) is 4.15. The minimum Gasteiger partial charge on any atom is -0.493 e. The van der Waals surface area contributed by atoms with Crippen LogP contribution in [-0.4, -0.2) is 55.0 Å². The van der Waals surface area contributed by atoms with Gasteiger partial charge in [0.2, 0.25) is 5.91 Å². The number of hydrogen-bond donors (Lipinski definition) is 1. The first kappa shape index (κ1) is 19.2. The summed E-state index contributed by atoms with van der Waals surface area (Å²) in [6.07, 6.45) is 0.816. The number of nitrogens with zero attached hydrogens (tertiary/aromatic N) is 2. The van der Waals surface area contributed by atoms with Gasteiger partial charge in [-0.2, -0.15) is 0 Å². The lowest BCUT2D eigenvalue weighted by atomic mass is 10.0. The predicted molar refractivity (Wildman–Crippen MR) is 111 cm³/mol. The number of benzene rings is 2. The van der Waals surface area contributed by atoms with Crippen LogP contribution in [-0.2, 0) is 11.3 Å². The van der Waals surface area contributed by atoms with Crippen LogP contribution >= 0.6 is 11.6 Å². The molecule has 1 atom stereocenters. The summed E-state index contributed by atoms with van der Waals surface area (Å²) < 4.78 is 5.68. The molecule has 2 heterocycles. The molecule has 0 radical (unpaired) electrons. The summed E-state index contributed by atoms with van der Waals surface area (Å²) in [6.45, 7) is 5.71. The van der Waals surface area contributed by atoms with Crippen LogP contribution in [0, 0.1) is 0 Å². The van der Waals surface area contributed by atoms with Crippen molar-refractivity contribution in [3.8, 4) is 5.75 Å². The Labute approximate surface area is 171 Å². The summed E-state index contributed by atoms with van der Waals surface area (Å²) >= 11 is 6.08. The molecule has 0 aromatic heterocycles. The Morgan fingerprint density at radius 2 is 1.86 bits per heavy atom. The maximum atomic E-state index is 12.6. The van der Waals surface area contributed by atoms with Gasteiger partial charge in [-0.1, -0.05) is 41.9 Å². The fourth-order valence-electron chi connectivity index (χ4n) is 3.93. The summed E-state index contributed by atoms with van der Waals surface area (Å²) in [4.78, 5) is 17.2. The van der Waals surface area contributed by atoms with Crippen LogP contribution in [0.15, 0.2) is 48.5 Å². The van der Waals surface area contributed by atoms with Gasteiger partial charge in [0.05, 0.1) is 19.2 Å². The molecule has 0 saturated carbocycles. The fraction of sp³-hybridized carbons (Fsp3) is 0.409. The number of amides is 1. The summed E-state index contributed by atoms with van der Waals surface area (Å²) in [7, 11) is 0.